The largest absolute Gasteiger partial charge is 0.397 e. The number of nitrogens with zero attached hydrogens (tertiary/aromatic N) is 1. The molecule has 0 aliphatic heterocycles. The molecule has 0 unspecified atom stereocenters. The van der Waals surface area contributed by atoms with E-state index >= 15 is 0 Å². The number of amides is 1. The summed E-state index contributed by atoms with van der Waals surface area (Å²) in [6.45, 7) is 5.50. The highest BCUT2D eigenvalue weighted by molar-refractivity contribution is 7.11. The highest BCUT2D eigenvalue weighted by Gasteiger charge is 2.12. The Morgan fingerprint density at radius 2 is 2.26 bits per heavy atom. The predicted octanol–water partition coefficient (Wildman–Crippen LogP) is 2.78. The third-order valence-corrected chi connectivity index (χ3v) is 3.83. The molecule has 102 valence electrons. The van der Waals surface area contributed by atoms with Crippen LogP contribution in [-0.4, -0.2) is 10.5 Å². The van der Waals surface area contributed by atoms with Crippen LogP contribution in [0.25, 0.3) is 0 Å². The van der Waals surface area contributed by atoms with Gasteiger partial charge in [-0.2, -0.15) is 0 Å². The van der Waals surface area contributed by atoms with E-state index in [9.17, 15) is 4.79 Å². The number of hydrogen-bond donors (Lipinski definition) is 2. The number of thiophene rings is 1. The molecule has 2 aromatic rings. The number of aromatic nitrogens is 1. The van der Waals surface area contributed by atoms with Crippen molar-refractivity contribution < 1.29 is 4.79 Å². The Balaban J connectivity index is 2.03. The van der Waals surface area contributed by atoms with Gasteiger partial charge >= 0.3 is 0 Å². The molecule has 1 amide bonds. The molecule has 0 saturated heterocycles. The number of rotatable bonds is 5. The molecule has 4 nitrogen and oxygen atoms in total. The van der Waals surface area contributed by atoms with Crippen LogP contribution in [0, 0.1) is 6.92 Å². The van der Waals surface area contributed by atoms with Crippen LogP contribution in [0.2, 0.25) is 0 Å². The Morgan fingerprint density at radius 1 is 1.47 bits per heavy atom. The average molecular weight is 277 g/mol. The summed E-state index contributed by atoms with van der Waals surface area (Å²) in [6.07, 6.45) is 2.78. The Hall–Kier alpha value is -1.75. The lowest BCUT2D eigenvalue weighted by atomic mass is 10.3. The SMILES string of the molecule is CCCn1cc(N)cc1C(=O)NCc1ccc(C)s1. The minimum atomic E-state index is -0.0730. The van der Waals surface area contributed by atoms with Crippen molar-refractivity contribution in [3.8, 4) is 0 Å². The molecular weight excluding hydrogens is 258 g/mol. The molecule has 0 fully saturated rings. The number of hydrogen-bond acceptors (Lipinski definition) is 3. The maximum atomic E-state index is 12.2. The summed E-state index contributed by atoms with van der Waals surface area (Å²) in [4.78, 5) is 14.6. The molecule has 19 heavy (non-hydrogen) atoms. The first-order chi connectivity index (χ1) is 9.10. The van der Waals surface area contributed by atoms with E-state index in [-0.39, 0.29) is 5.91 Å². The van der Waals surface area contributed by atoms with Crippen molar-refractivity contribution >= 4 is 22.9 Å². The Morgan fingerprint density at radius 3 is 2.89 bits per heavy atom. The molecule has 0 radical (unpaired) electrons. The molecule has 0 saturated carbocycles. The van der Waals surface area contributed by atoms with Crippen LogP contribution >= 0.6 is 11.3 Å². The quantitative estimate of drug-likeness (QED) is 0.883. The fourth-order valence-electron chi connectivity index (χ4n) is 1.99. The number of nitrogens with two attached hydrogens (primary N) is 1. The molecule has 0 bridgehead atoms. The number of nitrogens with one attached hydrogen (secondary N) is 1. The van der Waals surface area contributed by atoms with E-state index in [4.69, 9.17) is 5.73 Å². The van der Waals surface area contributed by atoms with E-state index in [1.54, 1.807) is 17.4 Å². The summed E-state index contributed by atoms with van der Waals surface area (Å²) in [5, 5.41) is 2.94. The van der Waals surface area contributed by atoms with Crippen molar-refractivity contribution in [2.75, 3.05) is 5.73 Å². The Kier molecular flexibility index (Phi) is 4.27. The third-order valence-electron chi connectivity index (χ3n) is 2.83. The smallest absolute Gasteiger partial charge is 0.268 e. The molecule has 0 aliphatic rings. The van der Waals surface area contributed by atoms with E-state index < -0.39 is 0 Å². The minimum Gasteiger partial charge on any atom is -0.397 e. The van der Waals surface area contributed by atoms with E-state index in [0.29, 0.717) is 17.9 Å². The average Bonchev–Trinajstić information content (AvgIpc) is 2.93. The first-order valence-electron chi connectivity index (χ1n) is 6.39. The predicted molar refractivity (Wildman–Crippen MR) is 79.4 cm³/mol. The van der Waals surface area contributed by atoms with Gasteiger partial charge in [0.25, 0.3) is 5.91 Å². The molecule has 3 N–H and O–H groups in total. The number of nitrogen functional groups attached to an aromatic ring is 1. The van der Waals surface area contributed by atoms with Gasteiger partial charge in [-0.25, -0.2) is 0 Å². The molecule has 2 heterocycles. The fraction of sp³-hybridized carbons (Fsp3) is 0.357. The topological polar surface area (TPSA) is 60.0 Å². The van der Waals surface area contributed by atoms with Gasteiger partial charge in [0.1, 0.15) is 5.69 Å². The summed E-state index contributed by atoms with van der Waals surface area (Å²) in [5.41, 5.74) is 7.02. The van der Waals surface area contributed by atoms with Gasteiger partial charge in [0.2, 0.25) is 0 Å². The van der Waals surface area contributed by atoms with Gasteiger partial charge in [-0.1, -0.05) is 6.92 Å². The van der Waals surface area contributed by atoms with Crippen LogP contribution in [0.4, 0.5) is 5.69 Å². The van der Waals surface area contributed by atoms with Crippen molar-refractivity contribution in [3.63, 3.8) is 0 Å². The monoisotopic (exact) mass is 277 g/mol. The summed E-state index contributed by atoms with van der Waals surface area (Å²) in [6, 6.07) is 5.83. The lowest BCUT2D eigenvalue weighted by Gasteiger charge is -2.07. The van der Waals surface area contributed by atoms with Crippen molar-refractivity contribution in [2.24, 2.45) is 0 Å². The zero-order valence-corrected chi connectivity index (χ0v) is 12.1. The second-order valence-corrected chi connectivity index (χ2v) is 5.92. The maximum absolute atomic E-state index is 12.2. The fourth-order valence-corrected chi connectivity index (χ4v) is 2.82. The molecule has 0 atom stereocenters. The molecule has 0 aliphatic carbocycles. The number of anilines is 1. The first-order valence-corrected chi connectivity index (χ1v) is 7.21. The molecule has 2 rings (SSSR count). The Bertz CT molecular complexity index is 571. The molecular formula is C14H19N3OS. The number of aryl methyl sites for hydroxylation is 2. The van der Waals surface area contributed by atoms with Crippen LogP contribution in [0.5, 0.6) is 0 Å². The van der Waals surface area contributed by atoms with Crippen molar-refractivity contribution in [1.82, 2.24) is 9.88 Å². The molecule has 5 heteroatoms. The summed E-state index contributed by atoms with van der Waals surface area (Å²) in [7, 11) is 0. The zero-order chi connectivity index (χ0) is 13.8. The van der Waals surface area contributed by atoms with Crippen LogP contribution in [-0.2, 0) is 13.1 Å². The highest BCUT2D eigenvalue weighted by Crippen LogP contribution is 2.15. The Labute approximate surface area is 117 Å². The van der Waals surface area contributed by atoms with Crippen LogP contribution in [0.3, 0.4) is 0 Å². The van der Waals surface area contributed by atoms with Crippen LogP contribution in [0.15, 0.2) is 24.4 Å². The van der Waals surface area contributed by atoms with Crippen molar-refractivity contribution in [3.05, 3.63) is 39.8 Å². The van der Waals surface area contributed by atoms with E-state index in [0.717, 1.165) is 17.8 Å². The number of carbonyl (C=O) groups is 1. The molecule has 0 spiro atoms. The summed E-state index contributed by atoms with van der Waals surface area (Å²) in [5.74, 6) is -0.0730. The first kappa shape index (κ1) is 13.7. The van der Waals surface area contributed by atoms with E-state index in [1.165, 1.54) is 4.88 Å². The maximum Gasteiger partial charge on any atom is 0.268 e. The van der Waals surface area contributed by atoms with Gasteiger partial charge in [0.15, 0.2) is 0 Å². The van der Waals surface area contributed by atoms with Gasteiger partial charge in [0, 0.05) is 22.5 Å². The summed E-state index contributed by atoms with van der Waals surface area (Å²) < 4.78 is 1.91. The van der Waals surface area contributed by atoms with Crippen molar-refractivity contribution in [2.45, 2.75) is 33.4 Å². The van der Waals surface area contributed by atoms with E-state index in [2.05, 4.69) is 25.2 Å². The summed E-state index contributed by atoms with van der Waals surface area (Å²) >= 11 is 1.70. The molecule has 2 aromatic heterocycles. The van der Waals surface area contributed by atoms with Crippen LogP contribution in [0.1, 0.15) is 33.6 Å². The lowest BCUT2D eigenvalue weighted by molar-refractivity contribution is 0.0942. The van der Waals surface area contributed by atoms with Gasteiger partial charge in [0.05, 0.1) is 12.2 Å². The lowest BCUT2D eigenvalue weighted by Crippen LogP contribution is -2.25. The van der Waals surface area contributed by atoms with Crippen LogP contribution < -0.4 is 11.1 Å². The van der Waals surface area contributed by atoms with E-state index in [1.807, 2.05) is 16.8 Å². The second-order valence-electron chi connectivity index (χ2n) is 4.55. The van der Waals surface area contributed by atoms with Gasteiger partial charge in [-0.15, -0.1) is 11.3 Å². The molecule has 0 aromatic carbocycles. The number of carbonyl (C=O) groups excluding carboxylic acids is 1. The highest BCUT2D eigenvalue weighted by atomic mass is 32.1. The van der Waals surface area contributed by atoms with Crippen molar-refractivity contribution in [1.29, 1.82) is 0 Å². The van der Waals surface area contributed by atoms with Gasteiger partial charge in [-0.3, -0.25) is 4.79 Å². The standard InChI is InChI=1S/C14H19N3OS/c1-3-6-17-9-11(15)7-13(17)14(18)16-8-12-5-4-10(2)19-12/h4-5,7,9H,3,6,8,15H2,1-2H3,(H,16,18). The van der Waals surface area contributed by atoms with Gasteiger partial charge in [-0.05, 0) is 31.5 Å². The normalized spacial score (nSPS) is 10.6. The third kappa shape index (κ3) is 3.38. The second kappa shape index (κ2) is 5.93. The zero-order valence-electron chi connectivity index (χ0n) is 11.3. The minimum absolute atomic E-state index is 0.0730. The van der Waals surface area contributed by atoms with Gasteiger partial charge < -0.3 is 15.6 Å².